The third kappa shape index (κ3) is 3.91. The first kappa shape index (κ1) is 15.2. The first-order chi connectivity index (χ1) is 9.97. The second kappa shape index (κ2) is 6.53. The van der Waals surface area contributed by atoms with Crippen molar-refractivity contribution >= 4 is 17.7 Å². The highest BCUT2D eigenvalue weighted by molar-refractivity contribution is 5.91. The van der Waals surface area contributed by atoms with Gasteiger partial charge in [-0.2, -0.15) is 0 Å². The van der Waals surface area contributed by atoms with E-state index in [9.17, 15) is 14.0 Å². The van der Waals surface area contributed by atoms with Crippen LogP contribution in [0.5, 0.6) is 0 Å². The molecule has 6 nitrogen and oxygen atoms in total. The lowest BCUT2D eigenvalue weighted by Gasteiger charge is -2.20. The number of halogens is 1. The highest BCUT2D eigenvalue weighted by Crippen LogP contribution is 2.17. The molecule has 1 heterocycles. The lowest BCUT2D eigenvalue weighted by molar-refractivity contribution is 0.0692. The molecule has 2 atom stereocenters. The van der Waals surface area contributed by atoms with Gasteiger partial charge in [-0.1, -0.05) is 0 Å². The Morgan fingerprint density at radius 3 is 2.81 bits per heavy atom. The second-order valence-corrected chi connectivity index (χ2v) is 4.94. The minimum Gasteiger partial charge on any atom is -0.478 e. The number of hydrogen-bond donors (Lipinski definition) is 3. The van der Waals surface area contributed by atoms with Crippen LogP contribution in [0, 0.1) is 5.82 Å². The number of benzene rings is 1. The van der Waals surface area contributed by atoms with E-state index in [0.717, 1.165) is 25.0 Å². The molecule has 114 valence electrons. The zero-order valence-electron chi connectivity index (χ0n) is 11.6. The van der Waals surface area contributed by atoms with E-state index in [1.165, 1.54) is 6.07 Å². The molecule has 1 aliphatic heterocycles. The number of rotatable bonds is 4. The number of aromatic carboxylic acids is 1. The van der Waals surface area contributed by atoms with Crippen LogP contribution >= 0.6 is 0 Å². The van der Waals surface area contributed by atoms with Crippen molar-refractivity contribution in [3.63, 3.8) is 0 Å². The lowest BCUT2D eigenvalue weighted by Crippen LogP contribution is -2.43. The number of amides is 2. The van der Waals surface area contributed by atoms with Gasteiger partial charge in [0.25, 0.3) is 0 Å². The van der Waals surface area contributed by atoms with Gasteiger partial charge in [0.15, 0.2) is 0 Å². The molecule has 1 saturated heterocycles. The standard InChI is InChI=1S/C14H17FN2O4/c1-8(12-3-2-6-21-12)16-14(20)17-9-4-5-10(13(18)19)11(15)7-9/h4-5,7-8,12H,2-3,6H2,1H3,(H,18,19)(H2,16,17,20). The van der Waals surface area contributed by atoms with Crippen LogP contribution in [-0.4, -0.2) is 35.9 Å². The van der Waals surface area contributed by atoms with Crippen LogP contribution in [0.1, 0.15) is 30.1 Å². The van der Waals surface area contributed by atoms with Crippen LogP contribution in [-0.2, 0) is 4.74 Å². The summed E-state index contributed by atoms with van der Waals surface area (Å²) in [4.78, 5) is 22.5. The molecule has 7 heteroatoms. The van der Waals surface area contributed by atoms with Gasteiger partial charge in [-0.3, -0.25) is 0 Å². The highest BCUT2D eigenvalue weighted by atomic mass is 19.1. The Bertz CT molecular complexity index is 544. The maximum Gasteiger partial charge on any atom is 0.338 e. The summed E-state index contributed by atoms with van der Waals surface area (Å²) in [6.45, 7) is 2.53. The molecule has 1 aromatic rings. The molecule has 0 aromatic heterocycles. The van der Waals surface area contributed by atoms with Crippen molar-refractivity contribution in [1.29, 1.82) is 0 Å². The quantitative estimate of drug-likeness (QED) is 0.795. The van der Waals surface area contributed by atoms with Crippen LogP contribution in [0.3, 0.4) is 0 Å². The van der Waals surface area contributed by atoms with Crippen molar-refractivity contribution in [3.05, 3.63) is 29.6 Å². The van der Waals surface area contributed by atoms with Gasteiger partial charge in [0, 0.05) is 12.3 Å². The summed E-state index contributed by atoms with van der Waals surface area (Å²) in [5, 5.41) is 13.9. The van der Waals surface area contributed by atoms with Crippen LogP contribution in [0.4, 0.5) is 14.9 Å². The Morgan fingerprint density at radius 1 is 1.48 bits per heavy atom. The molecule has 0 saturated carbocycles. The molecule has 0 bridgehead atoms. The third-order valence-corrected chi connectivity index (χ3v) is 3.34. The average molecular weight is 296 g/mol. The maximum atomic E-state index is 13.5. The predicted molar refractivity (Wildman–Crippen MR) is 73.9 cm³/mol. The number of carboxylic acid groups (broad SMARTS) is 1. The average Bonchev–Trinajstić information content (AvgIpc) is 2.91. The van der Waals surface area contributed by atoms with Crippen molar-refractivity contribution in [1.82, 2.24) is 5.32 Å². The van der Waals surface area contributed by atoms with Crippen molar-refractivity contribution in [2.45, 2.75) is 31.9 Å². The summed E-state index contributed by atoms with van der Waals surface area (Å²) in [6.07, 6.45) is 1.85. The number of carbonyl (C=O) groups is 2. The number of anilines is 1. The second-order valence-electron chi connectivity index (χ2n) is 4.94. The van der Waals surface area contributed by atoms with E-state index in [-0.39, 0.29) is 17.8 Å². The molecule has 0 aliphatic carbocycles. The van der Waals surface area contributed by atoms with E-state index in [1.54, 1.807) is 0 Å². The molecular weight excluding hydrogens is 279 g/mol. The first-order valence-electron chi connectivity index (χ1n) is 6.69. The first-order valence-corrected chi connectivity index (χ1v) is 6.69. The Morgan fingerprint density at radius 2 is 2.24 bits per heavy atom. The van der Waals surface area contributed by atoms with Crippen molar-refractivity contribution in [2.75, 3.05) is 11.9 Å². The smallest absolute Gasteiger partial charge is 0.338 e. The molecule has 2 amide bonds. The molecule has 1 aromatic carbocycles. The summed E-state index contributed by atoms with van der Waals surface area (Å²) in [5.74, 6) is -2.25. The fraction of sp³-hybridized carbons (Fsp3) is 0.429. The van der Waals surface area contributed by atoms with Gasteiger partial charge < -0.3 is 20.5 Å². The molecule has 1 aliphatic rings. The molecule has 0 spiro atoms. The van der Waals surface area contributed by atoms with E-state index in [4.69, 9.17) is 9.84 Å². The molecule has 3 N–H and O–H groups in total. The molecule has 2 unspecified atom stereocenters. The summed E-state index contributed by atoms with van der Waals surface area (Å²) < 4.78 is 18.9. The largest absolute Gasteiger partial charge is 0.478 e. The van der Waals surface area contributed by atoms with E-state index in [0.29, 0.717) is 6.61 Å². The molecular formula is C14H17FN2O4. The number of ether oxygens (including phenoxy) is 1. The molecule has 0 radical (unpaired) electrons. The topological polar surface area (TPSA) is 87.7 Å². The van der Waals surface area contributed by atoms with Crippen LogP contribution in [0.2, 0.25) is 0 Å². The van der Waals surface area contributed by atoms with E-state index < -0.39 is 23.4 Å². The van der Waals surface area contributed by atoms with Gasteiger partial charge in [-0.25, -0.2) is 14.0 Å². The fourth-order valence-electron chi connectivity index (χ4n) is 2.23. The van der Waals surface area contributed by atoms with Crippen molar-refractivity contribution in [2.24, 2.45) is 0 Å². The van der Waals surface area contributed by atoms with Gasteiger partial charge >= 0.3 is 12.0 Å². The molecule has 21 heavy (non-hydrogen) atoms. The number of nitrogens with one attached hydrogen (secondary N) is 2. The van der Waals surface area contributed by atoms with Gasteiger partial charge in [0.1, 0.15) is 5.82 Å². The summed E-state index contributed by atoms with van der Waals surface area (Å²) >= 11 is 0. The van der Waals surface area contributed by atoms with E-state index >= 15 is 0 Å². The highest BCUT2D eigenvalue weighted by Gasteiger charge is 2.23. The SMILES string of the molecule is CC(NC(=O)Nc1ccc(C(=O)O)c(F)c1)C1CCCO1. The lowest BCUT2D eigenvalue weighted by atomic mass is 10.1. The zero-order valence-corrected chi connectivity index (χ0v) is 11.6. The number of urea groups is 1. The van der Waals surface area contributed by atoms with E-state index in [1.807, 2.05) is 6.92 Å². The predicted octanol–water partition coefficient (Wildman–Crippen LogP) is 2.21. The zero-order chi connectivity index (χ0) is 15.4. The monoisotopic (exact) mass is 296 g/mol. The minimum absolute atomic E-state index is 0.0122. The van der Waals surface area contributed by atoms with E-state index in [2.05, 4.69) is 10.6 Å². The number of carboxylic acids is 1. The van der Waals surface area contributed by atoms with Gasteiger partial charge in [0.2, 0.25) is 0 Å². The minimum atomic E-state index is -1.35. The van der Waals surface area contributed by atoms with Crippen molar-refractivity contribution < 1.29 is 23.8 Å². The Labute approximate surface area is 121 Å². The van der Waals surface area contributed by atoms with Crippen molar-refractivity contribution in [3.8, 4) is 0 Å². The maximum absolute atomic E-state index is 13.5. The van der Waals surface area contributed by atoms with Crippen LogP contribution in [0.25, 0.3) is 0 Å². The van der Waals surface area contributed by atoms with Crippen LogP contribution in [0.15, 0.2) is 18.2 Å². The molecule has 2 rings (SSSR count). The number of hydrogen-bond acceptors (Lipinski definition) is 3. The van der Waals surface area contributed by atoms with Gasteiger partial charge in [0.05, 0.1) is 17.7 Å². The van der Waals surface area contributed by atoms with Crippen LogP contribution < -0.4 is 10.6 Å². The number of carbonyl (C=O) groups excluding carboxylic acids is 1. The summed E-state index contributed by atoms with van der Waals surface area (Å²) in [6, 6.07) is 2.77. The van der Waals surface area contributed by atoms with Gasteiger partial charge in [-0.15, -0.1) is 0 Å². The summed E-state index contributed by atoms with van der Waals surface area (Å²) in [5.41, 5.74) is -0.247. The Hall–Kier alpha value is -2.15. The molecule has 1 fully saturated rings. The Kier molecular flexibility index (Phi) is 4.74. The normalized spacial score (nSPS) is 19.0. The Balaban J connectivity index is 1.93. The summed E-state index contributed by atoms with van der Waals surface area (Å²) in [7, 11) is 0. The van der Waals surface area contributed by atoms with Gasteiger partial charge in [-0.05, 0) is 38.0 Å². The fourth-order valence-corrected chi connectivity index (χ4v) is 2.23. The third-order valence-electron chi connectivity index (χ3n) is 3.34.